The molecule has 0 aromatic carbocycles. The SMILES string of the molecule is O=C([O-])c1cccc(C(=O)O)n1.O=C([O-])c1cccc(C(=O)[O-])n1.[Fe+2].[Na+]. The molecule has 26 heavy (non-hydrogen) atoms. The molecule has 0 fully saturated rings. The minimum absolute atomic E-state index is 0. The number of hydrogen-bond donors (Lipinski definition) is 1. The smallest absolute Gasteiger partial charge is 0.543 e. The van der Waals surface area contributed by atoms with E-state index in [-0.39, 0.29) is 58.0 Å². The molecular weight excluding hydrogens is 403 g/mol. The molecule has 2 heterocycles. The van der Waals surface area contributed by atoms with Gasteiger partial charge in [-0.3, -0.25) is 0 Å². The van der Waals surface area contributed by atoms with Gasteiger partial charge in [-0.25, -0.2) is 14.8 Å². The van der Waals surface area contributed by atoms with Crippen molar-refractivity contribution in [3.05, 3.63) is 59.2 Å². The van der Waals surface area contributed by atoms with Gasteiger partial charge in [0.1, 0.15) is 5.69 Å². The van der Waals surface area contributed by atoms with Gasteiger partial charge in [-0.2, -0.15) is 0 Å². The van der Waals surface area contributed by atoms with Gasteiger partial charge in [0.15, 0.2) is 0 Å². The normalized spacial score (nSPS) is 8.62. The van der Waals surface area contributed by atoms with Gasteiger partial charge in [-0.1, -0.05) is 12.1 Å². The number of aromatic nitrogens is 2. The summed E-state index contributed by atoms with van der Waals surface area (Å²) in [5.74, 6) is -5.78. The zero-order valence-corrected chi connectivity index (χ0v) is 16.1. The van der Waals surface area contributed by atoms with Crippen LogP contribution in [0.3, 0.4) is 0 Å². The summed E-state index contributed by atoms with van der Waals surface area (Å²) in [5.41, 5.74) is -1.53. The minimum atomic E-state index is -1.52. The average molecular weight is 410 g/mol. The van der Waals surface area contributed by atoms with E-state index in [0.29, 0.717) is 0 Å². The van der Waals surface area contributed by atoms with Gasteiger partial charge in [-0.05, 0) is 24.3 Å². The Bertz CT molecular complexity index is 689. The number of carboxylic acid groups (broad SMARTS) is 4. The predicted molar refractivity (Wildman–Crippen MR) is 68.4 cm³/mol. The van der Waals surface area contributed by atoms with Gasteiger partial charge < -0.3 is 34.8 Å². The van der Waals surface area contributed by atoms with Gasteiger partial charge in [-0.15, -0.1) is 0 Å². The summed E-state index contributed by atoms with van der Waals surface area (Å²) < 4.78 is 0. The number of carbonyl (C=O) groups excluding carboxylic acids is 3. The van der Waals surface area contributed by atoms with Crippen LogP contribution in [0.15, 0.2) is 36.4 Å². The van der Waals surface area contributed by atoms with Crippen LogP contribution in [0.1, 0.15) is 42.0 Å². The third kappa shape index (κ3) is 8.19. The second-order valence-electron chi connectivity index (χ2n) is 3.98. The van der Waals surface area contributed by atoms with Gasteiger partial charge in [0, 0.05) is 0 Å². The van der Waals surface area contributed by atoms with Crippen LogP contribution in [0, 0.1) is 0 Å². The second-order valence-corrected chi connectivity index (χ2v) is 3.98. The molecular formula is C14H7FeN2NaO8. The zero-order chi connectivity index (χ0) is 18.3. The fourth-order valence-electron chi connectivity index (χ4n) is 1.33. The summed E-state index contributed by atoms with van der Waals surface area (Å²) in [6.45, 7) is 0. The first-order chi connectivity index (χ1) is 11.2. The molecule has 0 spiro atoms. The summed E-state index contributed by atoms with van der Waals surface area (Å²) >= 11 is 0. The maximum absolute atomic E-state index is 10.3. The van der Waals surface area contributed by atoms with Crippen molar-refractivity contribution in [3.63, 3.8) is 0 Å². The molecule has 0 radical (unpaired) electrons. The molecule has 2 rings (SSSR count). The summed E-state index contributed by atoms with van der Waals surface area (Å²) in [6, 6.07) is 7.20. The Morgan fingerprint density at radius 1 is 0.692 bits per heavy atom. The van der Waals surface area contributed by atoms with E-state index in [1.165, 1.54) is 24.3 Å². The molecule has 10 nitrogen and oxygen atoms in total. The molecule has 0 amide bonds. The van der Waals surface area contributed by atoms with E-state index in [2.05, 4.69) is 9.97 Å². The van der Waals surface area contributed by atoms with Gasteiger partial charge in [0.05, 0.1) is 35.0 Å². The summed E-state index contributed by atoms with van der Waals surface area (Å²) in [7, 11) is 0. The molecule has 2 aromatic rings. The number of hydrogen-bond acceptors (Lipinski definition) is 9. The molecule has 0 atom stereocenters. The molecule has 0 bridgehead atoms. The van der Waals surface area contributed by atoms with Crippen molar-refractivity contribution in [2.45, 2.75) is 0 Å². The Labute approximate surface area is 178 Å². The van der Waals surface area contributed by atoms with E-state index in [9.17, 15) is 34.5 Å². The van der Waals surface area contributed by atoms with Crippen molar-refractivity contribution in [1.82, 2.24) is 9.97 Å². The molecule has 0 aliphatic heterocycles. The number of rotatable bonds is 4. The summed E-state index contributed by atoms with van der Waals surface area (Å²) in [6.07, 6.45) is 0. The summed E-state index contributed by atoms with van der Waals surface area (Å²) in [5, 5.41) is 39.0. The average Bonchev–Trinajstić information content (AvgIpc) is 2.55. The Kier molecular flexibility index (Phi) is 12.1. The molecule has 0 aliphatic rings. The van der Waals surface area contributed by atoms with E-state index in [4.69, 9.17) is 5.11 Å². The summed E-state index contributed by atoms with van der Waals surface area (Å²) in [4.78, 5) is 47.4. The van der Waals surface area contributed by atoms with E-state index < -0.39 is 35.3 Å². The Morgan fingerprint density at radius 2 is 0.962 bits per heavy atom. The number of aromatic carboxylic acids is 4. The van der Waals surface area contributed by atoms with Crippen molar-refractivity contribution in [3.8, 4) is 0 Å². The Hall–Kier alpha value is -2.30. The molecule has 0 aliphatic carbocycles. The van der Waals surface area contributed by atoms with E-state index in [1.807, 2.05) is 0 Å². The molecule has 12 heteroatoms. The maximum atomic E-state index is 10.3. The van der Waals surface area contributed by atoms with Crippen molar-refractivity contribution in [2.24, 2.45) is 0 Å². The Morgan fingerprint density at radius 3 is 1.23 bits per heavy atom. The first-order valence-corrected chi connectivity index (χ1v) is 6.03. The van der Waals surface area contributed by atoms with Crippen LogP contribution in [0.4, 0.5) is 0 Å². The Balaban J connectivity index is 0. The molecule has 130 valence electrons. The van der Waals surface area contributed by atoms with Crippen LogP contribution >= 0.6 is 0 Å². The van der Waals surface area contributed by atoms with Crippen molar-refractivity contribution >= 4 is 23.9 Å². The first kappa shape index (κ1) is 25.9. The first-order valence-electron chi connectivity index (χ1n) is 6.03. The largest absolute Gasteiger partial charge is 2.00 e. The van der Waals surface area contributed by atoms with E-state index in [0.717, 1.165) is 12.1 Å². The second kappa shape index (κ2) is 12.1. The van der Waals surface area contributed by atoms with Crippen molar-refractivity contribution < 1.29 is 86.2 Å². The van der Waals surface area contributed by atoms with E-state index >= 15 is 0 Å². The maximum Gasteiger partial charge on any atom is 2.00 e. The predicted octanol–water partition coefficient (Wildman–Crippen LogP) is -6.05. The van der Waals surface area contributed by atoms with Crippen LogP contribution in [-0.2, 0) is 17.1 Å². The van der Waals surface area contributed by atoms with Gasteiger partial charge >= 0.3 is 52.6 Å². The molecule has 0 saturated carbocycles. The molecule has 0 saturated heterocycles. The molecule has 2 aromatic heterocycles. The topological polar surface area (TPSA) is 183 Å². The van der Waals surface area contributed by atoms with Crippen LogP contribution in [0.25, 0.3) is 0 Å². The minimum Gasteiger partial charge on any atom is -0.543 e. The van der Waals surface area contributed by atoms with Crippen LogP contribution in [0.5, 0.6) is 0 Å². The number of carbonyl (C=O) groups is 4. The number of carboxylic acids is 4. The van der Waals surface area contributed by atoms with E-state index in [1.54, 1.807) is 0 Å². The molecule has 0 unspecified atom stereocenters. The monoisotopic (exact) mass is 410 g/mol. The third-order valence-corrected chi connectivity index (χ3v) is 2.34. The zero-order valence-electron chi connectivity index (χ0n) is 13.0. The molecule has 1 N–H and O–H groups in total. The van der Waals surface area contributed by atoms with Crippen LogP contribution in [-0.4, -0.2) is 39.0 Å². The van der Waals surface area contributed by atoms with Crippen LogP contribution in [0.2, 0.25) is 0 Å². The fourth-order valence-corrected chi connectivity index (χ4v) is 1.33. The fraction of sp³-hybridized carbons (Fsp3) is 0. The van der Waals surface area contributed by atoms with Crippen LogP contribution < -0.4 is 44.9 Å². The number of nitrogens with zero attached hydrogens (tertiary/aromatic N) is 2. The van der Waals surface area contributed by atoms with Gasteiger partial charge in [0.25, 0.3) is 0 Å². The van der Waals surface area contributed by atoms with Crippen molar-refractivity contribution in [1.29, 1.82) is 0 Å². The van der Waals surface area contributed by atoms with Crippen molar-refractivity contribution in [2.75, 3.05) is 0 Å². The standard InChI is InChI=1S/2C7H5NO4.Fe.Na/c2*9-6(10)4-2-1-3-5(8-4)7(11)12;;/h2*1-3H,(H,9,10)(H,11,12);;/q;;+2;+1/p-3. The third-order valence-electron chi connectivity index (χ3n) is 2.34. The quantitative estimate of drug-likeness (QED) is 0.476. The number of pyridine rings is 2. The van der Waals surface area contributed by atoms with Gasteiger partial charge in [0.2, 0.25) is 0 Å².